The summed E-state index contributed by atoms with van der Waals surface area (Å²) in [5.41, 5.74) is -1.56. The molecule has 1 atom stereocenters. The van der Waals surface area contributed by atoms with Crippen LogP contribution in [0, 0.1) is 0 Å². The van der Waals surface area contributed by atoms with Gasteiger partial charge in [0, 0.05) is 6.42 Å². The first-order valence-corrected chi connectivity index (χ1v) is 4.13. The molecule has 2 N–H and O–H groups in total. The lowest BCUT2D eigenvalue weighted by atomic mass is 9.95. The molecule has 0 fully saturated rings. The van der Waals surface area contributed by atoms with E-state index in [1.165, 1.54) is 6.92 Å². The molecule has 0 bridgehead atoms. The minimum atomic E-state index is -4.25. The lowest BCUT2D eigenvalue weighted by Gasteiger charge is -2.20. The number of carboxylic acid groups (broad SMARTS) is 1. The molecule has 0 spiro atoms. The van der Waals surface area contributed by atoms with E-state index < -0.39 is 30.6 Å². The topological polar surface area (TPSA) is 57.5 Å². The van der Waals surface area contributed by atoms with Crippen LogP contribution in [0.2, 0.25) is 0 Å². The molecular weight excluding hydrogens is 201 g/mol. The van der Waals surface area contributed by atoms with Crippen molar-refractivity contribution in [2.45, 2.75) is 44.4 Å². The Labute approximate surface area is 79.5 Å². The Hall–Kier alpha value is -0.780. The van der Waals surface area contributed by atoms with Gasteiger partial charge in [-0.25, -0.2) is 0 Å². The molecule has 0 amide bonds. The van der Waals surface area contributed by atoms with Crippen LogP contribution in [0.4, 0.5) is 13.2 Å². The highest BCUT2D eigenvalue weighted by molar-refractivity contribution is 5.67. The molecule has 0 aliphatic heterocycles. The average Bonchev–Trinajstić information content (AvgIpc) is 1.78. The molecule has 0 saturated heterocycles. The Kier molecular flexibility index (Phi) is 4.38. The monoisotopic (exact) mass is 214 g/mol. The van der Waals surface area contributed by atoms with Gasteiger partial charge in [0.1, 0.15) is 0 Å². The Bertz CT molecular complexity index is 198. The van der Waals surface area contributed by atoms with Crippen LogP contribution in [0.5, 0.6) is 0 Å². The first-order chi connectivity index (χ1) is 6.12. The van der Waals surface area contributed by atoms with Gasteiger partial charge in [-0.05, 0) is 19.8 Å². The third-order valence-corrected chi connectivity index (χ3v) is 1.71. The molecule has 0 aromatic rings. The number of hydrogen-bond acceptors (Lipinski definition) is 2. The smallest absolute Gasteiger partial charge is 0.389 e. The molecule has 0 heterocycles. The number of halogens is 3. The molecule has 14 heavy (non-hydrogen) atoms. The van der Waals surface area contributed by atoms with Gasteiger partial charge in [0.25, 0.3) is 0 Å². The summed E-state index contributed by atoms with van der Waals surface area (Å²) in [7, 11) is 0. The van der Waals surface area contributed by atoms with Crippen LogP contribution in [0.15, 0.2) is 0 Å². The van der Waals surface area contributed by atoms with E-state index in [0.717, 1.165) is 0 Å². The zero-order chi connectivity index (χ0) is 11.4. The molecule has 0 radical (unpaired) electrons. The molecular formula is C8H13F3O3. The molecule has 0 saturated carbocycles. The van der Waals surface area contributed by atoms with Gasteiger partial charge in [-0.15, -0.1) is 0 Å². The second-order valence-electron chi connectivity index (χ2n) is 3.54. The number of aliphatic hydroxyl groups is 1. The van der Waals surface area contributed by atoms with Gasteiger partial charge in [-0.2, -0.15) is 13.2 Å². The highest BCUT2D eigenvalue weighted by atomic mass is 19.4. The normalized spacial score (nSPS) is 16.4. The lowest BCUT2D eigenvalue weighted by molar-refractivity contribution is -0.144. The fraction of sp³-hybridized carbons (Fsp3) is 0.875. The van der Waals surface area contributed by atoms with Crippen molar-refractivity contribution in [1.29, 1.82) is 0 Å². The third-order valence-electron chi connectivity index (χ3n) is 1.71. The van der Waals surface area contributed by atoms with Crippen LogP contribution in [-0.4, -0.2) is 28.0 Å². The van der Waals surface area contributed by atoms with Crippen molar-refractivity contribution in [2.75, 3.05) is 0 Å². The zero-order valence-corrected chi connectivity index (χ0v) is 7.76. The second-order valence-corrected chi connectivity index (χ2v) is 3.54. The summed E-state index contributed by atoms with van der Waals surface area (Å²) in [5, 5.41) is 17.7. The predicted octanol–water partition coefficient (Wildman–Crippen LogP) is 1.94. The Morgan fingerprint density at radius 1 is 1.29 bits per heavy atom. The molecule has 0 aliphatic carbocycles. The van der Waals surface area contributed by atoms with Gasteiger partial charge >= 0.3 is 12.1 Å². The molecule has 3 nitrogen and oxygen atoms in total. The van der Waals surface area contributed by atoms with Crippen molar-refractivity contribution in [3.63, 3.8) is 0 Å². The summed E-state index contributed by atoms with van der Waals surface area (Å²) in [6.45, 7) is 1.22. The summed E-state index contributed by atoms with van der Waals surface area (Å²) in [5.74, 6) is -1.22. The van der Waals surface area contributed by atoms with E-state index in [1.54, 1.807) is 0 Å². The summed E-state index contributed by atoms with van der Waals surface area (Å²) in [6, 6.07) is 0. The summed E-state index contributed by atoms with van der Waals surface area (Å²) in [4.78, 5) is 10.2. The fourth-order valence-corrected chi connectivity index (χ4v) is 1.08. The molecule has 6 heteroatoms. The van der Waals surface area contributed by atoms with E-state index in [0.29, 0.717) is 0 Å². The fourth-order valence-electron chi connectivity index (χ4n) is 1.08. The number of hydrogen-bond donors (Lipinski definition) is 2. The summed E-state index contributed by atoms with van der Waals surface area (Å²) in [6.07, 6.45) is -6.21. The zero-order valence-electron chi connectivity index (χ0n) is 7.76. The molecule has 0 unspecified atom stereocenters. The number of rotatable bonds is 5. The van der Waals surface area contributed by atoms with Gasteiger partial charge in [0.05, 0.1) is 12.0 Å². The van der Waals surface area contributed by atoms with E-state index >= 15 is 0 Å². The molecule has 0 aliphatic rings. The van der Waals surface area contributed by atoms with E-state index in [2.05, 4.69) is 0 Å². The quantitative estimate of drug-likeness (QED) is 0.735. The standard InChI is InChI=1S/C8H13F3O3/c1-7(14,5-6(12)13)3-2-4-8(9,10)11/h14H,2-5H2,1H3,(H,12,13)/t7-/m0/s1. The van der Waals surface area contributed by atoms with Gasteiger partial charge in [0.2, 0.25) is 0 Å². The van der Waals surface area contributed by atoms with Crippen LogP contribution >= 0.6 is 0 Å². The third kappa shape index (κ3) is 7.85. The number of carboxylic acids is 1. The van der Waals surface area contributed by atoms with Crippen LogP contribution in [0.25, 0.3) is 0 Å². The largest absolute Gasteiger partial charge is 0.481 e. The van der Waals surface area contributed by atoms with Gasteiger partial charge in [0.15, 0.2) is 0 Å². The molecule has 0 aromatic carbocycles. The maximum atomic E-state index is 11.7. The van der Waals surface area contributed by atoms with Gasteiger partial charge < -0.3 is 10.2 Å². The van der Waals surface area contributed by atoms with Gasteiger partial charge in [-0.3, -0.25) is 4.79 Å². The molecule has 84 valence electrons. The number of carbonyl (C=O) groups is 1. The molecule has 0 rings (SSSR count). The maximum Gasteiger partial charge on any atom is 0.389 e. The highest BCUT2D eigenvalue weighted by Crippen LogP contribution is 2.25. The lowest BCUT2D eigenvalue weighted by Crippen LogP contribution is -2.28. The van der Waals surface area contributed by atoms with Crippen molar-refractivity contribution in [3.8, 4) is 0 Å². The SMILES string of the molecule is C[C@](O)(CCCC(F)(F)F)CC(=O)O. The van der Waals surface area contributed by atoms with Crippen molar-refractivity contribution in [2.24, 2.45) is 0 Å². The Morgan fingerprint density at radius 3 is 2.14 bits per heavy atom. The minimum absolute atomic E-state index is 0.168. The van der Waals surface area contributed by atoms with Crippen LogP contribution in [0.3, 0.4) is 0 Å². The number of alkyl halides is 3. The van der Waals surface area contributed by atoms with E-state index in [-0.39, 0.29) is 12.8 Å². The van der Waals surface area contributed by atoms with Crippen molar-refractivity contribution >= 4 is 5.97 Å². The summed E-state index contributed by atoms with van der Waals surface area (Å²) < 4.78 is 35.1. The maximum absolute atomic E-state index is 11.7. The summed E-state index contributed by atoms with van der Waals surface area (Å²) >= 11 is 0. The predicted molar refractivity (Wildman–Crippen MR) is 42.8 cm³/mol. The highest BCUT2D eigenvalue weighted by Gasteiger charge is 2.29. The number of aliphatic carboxylic acids is 1. The van der Waals surface area contributed by atoms with Crippen molar-refractivity contribution in [3.05, 3.63) is 0 Å². The first kappa shape index (κ1) is 13.2. The van der Waals surface area contributed by atoms with Crippen LogP contribution in [0.1, 0.15) is 32.6 Å². The average molecular weight is 214 g/mol. The molecule has 0 aromatic heterocycles. The van der Waals surface area contributed by atoms with E-state index in [9.17, 15) is 23.1 Å². The van der Waals surface area contributed by atoms with E-state index in [1.807, 2.05) is 0 Å². The van der Waals surface area contributed by atoms with Crippen LogP contribution in [-0.2, 0) is 4.79 Å². The minimum Gasteiger partial charge on any atom is -0.481 e. The van der Waals surface area contributed by atoms with Crippen molar-refractivity contribution in [1.82, 2.24) is 0 Å². The second kappa shape index (κ2) is 4.63. The Balaban J connectivity index is 3.82. The Morgan fingerprint density at radius 2 is 1.79 bits per heavy atom. The van der Waals surface area contributed by atoms with Gasteiger partial charge in [-0.1, -0.05) is 0 Å². The van der Waals surface area contributed by atoms with E-state index in [4.69, 9.17) is 5.11 Å². The first-order valence-electron chi connectivity index (χ1n) is 4.13. The van der Waals surface area contributed by atoms with Crippen molar-refractivity contribution < 1.29 is 28.2 Å². The van der Waals surface area contributed by atoms with Crippen LogP contribution < -0.4 is 0 Å².